The molecule has 0 aliphatic carbocycles. The second-order valence-corrected chi connectivity index (χ2v) is 8.19. The zero-order valence-corrected chi connectivity index (χ0v) is 19.8. The molecule has 3 rings (SSSR count). The number of amides is 4. The third kappa shape index (κ3) is 5.86. The number of imide groups is 2. The first kappa shape index (κ1) is 24.6. The van der Waals surface area contributed by atoms with Crippen molar-refractivity contribution >= 4 is 52.8 Å². The molecule has 1 fully saturated rings. The summed E-state index contributed by atoms with van der Waals surface area (Å²) in [4.78, 5) is 38.6. The monoisotopic (exact) mass is 490 g/mol. The highest BCUT2D eigenvalue weighted by Crippen LogP contribution is 2.35. The lowest BCUT2D eigenvalue weighted by Gasteiger charge is -2.26. The highest BCUT2D eigenvalue weighted by atomic mass is 35.5. The van der Waals surface area contributed by atoms with Gasteiger partial charge in [0.1, 0.15) is 11.3 Å². The standard InChI is InChI=1S/C24H24Cl2N2O5/c1-3-4-5-6-11-33-21-19(25)13-15(14-20(21)26)12-18-22(29)27-24(31)28(23(18)30)16-7-9-17(32-2)10-8-16/h7-10,12-14H,3-6,11H2,1-2H3,(H,27,29,31)/b18-12+. The van der Waals surface area contributed by atoms with Gasteiger partial charge >= 0.3 is 6.03 Å². The molecule has 174 valence electrons. The molecule has 33 heavy (non-hydrogen) atoms. The van der Waals surface area contributed by atoms with Crippen LogP contribution in [0.5, 0.6) is 11.5 Å². The minimum absolute atomic E-state index is 0.231. The number of nitrogens with zero attached hydrogens (tertiary/aromatic N) is 1. The van der Waals surface area contributed by atoms with Crippen LogP contribution < -0.4 is 19.7 Å². The molecule has 0 saturated carbocycles. The maximum atomic E-state index is 13.0. The molecule has 0 aromatic heterocycles. The molecule has 1 saturated heterocycles. The van der Waals surface area contributed by atoms with Crippen LogP contribution in [0.25, 0.3) is 6.08 Å². The second-order valence-electron chi connectivity index (χ2n) is 7.38. The van der Waals surface area contributed by atoms with Gasteiger partial charge in [-0.05, 0) is 54.5 Å². The lowest BCUT2D eigenvalue weighted by atomic mass is 10.1. The van der Waals surface area contributed by atoms with Crippen molar-refractivity contribution in [2.75, 3.05) is 18.6 Å². The molecule has 9 heteroatoms. The van der Waals surface area contributed by atoms with Crippen molar-refractivity contribution in [3.63, 3.8) is 0 Å². The van der Waals surface area contributed by atoms with Gasteiger partial charge in [-0.15, -0.1) is 0 Å². The number of halogens is 2. The van der Waals surface area contributed by atoms with Gasteiger partial charge in [-0.2, -0.15) is 0 Å². The van der Waals surface area contributed by atoms with E-state index >= 15 is 0 Å². The highest BCUT2D eigenvalue weighted by molar-refractivity contribution is 6.40. The van der Waals surface area contributed by atoms with Gasteiger partial charge in [0.25, 0.3) is 11.8 Å². The Bertz CT molecular complexity index is 1060. The maximum Gasteiger partial charge on any atom is 0.335 e. The van der Waals surface area contributed by atoms with Crippen molar-refractivity contribution < 1.29 is 23.9 Å². The van der Waals surface area contributed by atoms with Crippen molar-refractivity contribution in [1.82, 2.24) is 5.32 Å². The van der Waals surface area contributed by atoms with Crippen LogP contribution >= 0.6 is 23.2 Å². The number of urea groups is 1. The first-order valence-electron chi connectivity index (χ1n) is 10.5. The van der Waals surface area contributed by atoms with Gasteiger partial charge in [0, 0.05) is 0 Å². The Morgan fingerprint density at radius 3 is 2.27 bits per heavy atom. The van der Waals surface area contributed by atoms with Gasteiger partial charge in [-0.3, -0.25) is 14.9 Å². The minimum atomic E-state index is -0.838. The van der Waals surface area contributed by atoms with Crippen LogP contribution in [0.15, 0.2) is 42.0 Å². The summed E-state index contributed by atoms with van der Waals surface area (Å²) in [6.45, 7) is 2.62. The summed E-state index contributed by atoms with van der Waals surface area (Å²) < 4.78 is 10.8. The van der Waals surface area contributed by atoms with E-state index < -0.39 is 17.8 Å². The molecular weight excluding hydrogens is 467 g/mol. The fraction of sp³-hybridized carbons (Fsp3) is 0.292. The van der Waals surface area contributed by atoms with E-state index in [1.807, 2.05) is 0 Å². The van der Waals surface area contributed by atoms with Gasteiger partial charge in [0.15, 0.2) is 5.75 Å². The normalized spacial score (nSPS) is 15.1. The Labute approximate surface area is 202 Å². The molecule has 0 unspecified atom stereocenters. The number of barbiturate groups is 1. The minimum Gasteiger partial charge on any atom is -0.497 e. The number of nitrogens with one attached hydrogen (secondary N) is 1. The fourth-order valence-corrected chi connectivity index (χ4v) is 3.91. The molecule has 1 heterocycles. The predicted molar refractivity (Wildman–Crippen MR) is 128 cm³/mol. The molecule has 1 aliphatic rings. The van der Waals surface area contributed by atoms with Crippen LogP contribution in [0.2, 0.25) is 10.0 Å². The Hall–Kier alpha value is -3.03. The summed E-state index contributed by atoms with van der Waals surface area (Å²) in [6.07, 6.45) is 5.53. The largest absolute Gasteiger partial charge is 0.497 e. The smallest absolute Gasteiger partial charge is 0.335 e. The molecule has 0 bridgehead atoms. The molecule has 2 aromatic rings. The molecule has 4 amide bonds. The van der Waals surface area contributed by atoms with Crippen molar-refractivity contribution in [3.8, 4) is 11.5 Å². The topological polar surface area (TPSA) is 84.9 Å². The average molecular weight is 491 g/mol. The molecule has 7 nitrogen and oxygen atoms in total. The van der Waals surface area contributed by atoms with Crippen molar-refractivity contribution in [3.05, 3.63) is 57.6 Å². The van der Waals surface area contributed by atoms with Crippen LogP contribution in [-0.4, -0.2) is 31.6 Å². The number of benzene rings is 2. The Balaban J connectivity index is 1.84. The summed E-state index contributed by atoms with van der Waals surface area (Å²) >= 11 is 12.7. The number of hydrogen-bond donors (Lipinski definition) is 1. The van der Waals surface area contributed by atoms with Crippen molar-refractivity contribution in [2.24, 2.45) is 0 Å². The molecular formula is C24H24Cl2N2O5. The number of ether oxygens (including phenoxy) is 2. The number of carbonyl (C=O) groups is 3. The van der Waals surface area contributed by atoms with E-state index in [4.69, 9.17) is 32.7 Å². The van der Waals surface area contributed by atoms with E-state index in [1.54, 1.807) is 36.4 Å². The van der Waals surface area contributed by atoms with Crippen LogP contribution in [0.1, 0.15) is 38.2 Å². The molecule has 1 aliphatic heterocycles. The molecule has 0 atom stereocenters. The van der Waals surface area contributed by atoms with Crippen molar-refractivity contribution in [2.45, 2.75) is 32.6 Å². The number of anilines is 1. The maximum absolute atomic E-state index is 13.0. The molecule has 1 N–H and O–H groups in total. The average Bonchev–Trinajstić information content (AvgIpc) is 2.78. The summed E-state index contributed by atoms with van der Waals surface area (Å²) in [6, 6.07) is 8.57. The first-order chi connectivity index (χ1) is 15.8. The summed E-state index contributed by atoms with van der Waals surface area (Å²) in [5, 5.41) is 2.70. The first-order valence-corrected chi connectivity index (χ1v) is 11.3. The van der Waals surface area contributed by atoms with Gasteiger partial charge in [0.2, 0.25) is 0 Å². The van der Waals surface area contributed by atoms with Gasteiger partial charge in [0.05, 0.1) is 29.4 Å². The lowest BCUT2D eigenvalue weighted by molar-refractivity contribution is -0.122. The number of methoxy groups -OCH3 is 1. The van der Waals surface area contributed by atoms with E-state index in [1.165, 1.54) is 13.2 Å². The molecule has 0 radical (unpaired) electrons. The lowest BCUT2D eigenvalue weighted by Crippen LogP contribution is -2.54. The zero-order valence-electron chi connectivity index (χ0n) is 18.3. The number of unbranched alkanes of at least 4 members (excludes halogenated alkanes) is 3. The third-order valence-corrected chi connectivity index (χ3v) is 5.57. The van der Waals surface area contributed by atoms with Crippen LogP contribution in [0.4, 0.5) is 10.5 Å². The fourth-order valence-electron chi connectivity index (χ4n) is 3.29. The van der Waals surface area contributed by atoms with Crippen LogP contribution in [0.3, 0.4) is 0 Å². The summed E-state index contributed by atoms with van der Waals surface area (Å²) in [5.41, 5.74) is 0.483. The van der Waals surface area contributed by atoms with Crippen LogP contribution in [0, 0.1) is 0 Å². The second kappa shape index (κ2) is 11.2. The number of rotatable bonds is 9. The zero-order chi connectivity index (χ0) is 24.0. The number of carbonyl (C=O) groups excluding carboxylic acids is 3. The highest BCUT2D eigenvalue weighted by Gasteiger charge is 2.36. The quantitative estimate of drug-likeness (QED) is 0.279. The Morgan fingerprint density at radius 1 is 1.00 bits per heavy atom. The Kier molecular flexibility index (Phi) is 8.36. The number of hydrogen-bond acceptors (Lipinski definition) is 5. The van der Waals surface area contributed by atoms with Crippen LogP contribution in [-0.2, 0) is 9.59 Å². The summed E-state index contributed by atoms with van der Waals surface area (Å²) in [5.74, 6) is -0.658. The van der Waals surface area contributed by atoms with Crippen molar-refractivity contribution in [1.29, 1.82) is 0 Å². The molecule has 2 aromatic carbocycles. The van der Waals surface area contributed by atoms with E-state index in [9.17, 15) is 14.4 Å². The van der Waals surface area contributed by atoms with E-state index in [0.717, 1.165) is 30.6 Å². The van der Waals surface area contributed by atoms with E-state index in [2.05, 4.69) is 12.2 Å². The third-order valence-electron chi connectivity index (χ3n) is 5.01. The predicted octanol–water partition coefficient (Wildman–Crippen LogP) is 5.63. The van der Waals surface area contributed by atoms with Gasteiger partial charge < -0.3 is 9.47 Å². The Morgan fingerprint density at radius 2 is 1.67 bits per heavy atom. The van der Waals surface area contributed by atoms with E-state index in [-0.39, 0.29) is 15.6 Å². The summed E-state index contributed by atoms with van der Waals surface area (Å²) in [7, 11) is 1.51. The van der Waals surface area contributed by atoms with E-state index in [0.29, 0.717) is 29.4 Å². The molecule has 0 spiro atoms. The van der Waals surface area contributed by atoms with Gasteiger partial charge in [-0.25, -0.2) is 9.69 Å². The SMILES string of the molecule is CCCCCCOc1c(Cl)cc(/C=C2\C(=O)NC(=O)N(c3ccc(OC)cc3)C2=O)cc1Cl. The van der Waals surface area contributed by atoms with Gasteiger partial charge in [-0.1, -0.05) is 49.4 Å².